The number of hydrogen-bond donors (Lipinski definition) is 1. The number of halogens is 1. The van der Waals surface area contributed by atoms with Crippen LogP contribution in [0.2, 0.25) is 0 Å². The summed E-state index contributed by atoms with van der Waals surface area (Å²) >= 11 is 3.17. The van der Waals surface area contributed by atoms with Crippen LogP contribution in [0.3, 0.4) is 0 Å². The summed E-state index contributed by atoms with van der Waals surface area (Å²) in [7, 11) is 1.62. The number of ether oxygens (including phenoxy) is 1. The Labute approximate surface area is 131 Å². The van der Waals surface area contributed by atoms with Crippen molar-refractivity contribution in [2.45, 2.75) is 13.5 Å². The molecule has 0 aliphatic heterocycles. The molecule has 2 aromatic carbocycles. The molecular formula is C15H15BrN2O3. The minimum Gasteiger partial charge on any atom is -0.496 e. The molecular weight excluding hydrogens is 336 g/mol. The Hall–Kier alpha value is -2.08. The maximum Gasteiger partial charge on any atom is 0.285 e. The van der Waals surface area contributed by atoms with Crippen LogP contribution in [0, 0.1) is 17.0 Å². The summed E-state index contributed by atoms with van der Waals surface area (Å²) in [5, 5.41) is 14.1. The Balaban J connectivity index is 2.19. The number of rotatable bonds is 5. The molecule has 21 heavy (non-hydrogen) atoms. The first-order valence-electron chi connectivity index (χ1n) is 6.32. The summed E-state index contributed by atoms with van der Waals surface area (Å²) in [6.45, 7) is 2.54. The highest BCUT2D eigenvalue weighted by Crippen LogP contribution is 2.28. The summed E-state index contributed by atoms with van der Waals surface area (Å²) in [6, 6.07) is 10.9. The van der Waals surface area contributed by atoms with Crippen molar-refractivity contribution in [1.82, 2.24) is 0 Å². The van der Waals surface area contributed by atoms with E-state index in [1.54, 1.807) is 19.2 Å². The smallest absolute Gasteiger partial charge is 0.285 e. The van der Waals surface area contributed by atoms with Crippen molar-refractivity contribution in [2.24, 2.45) is 0 Å². The summed E-state index contributed by atoms with van der Waals surface area (Å²) in [4.78, 5) is 10.5. The molecule has 2 rings (SSSR count). The largest absolute Gasteiger partial charge is 0.496 e. The number of hydrogen-bond acceptors (Lipinski definition) is 4. The monoisotopic (exact) mass is 350 g/mol. The van der Waals surface area contributed by atoms with E-state index in [0.29, 0.717) is 16.7 Å². The Bertz CT molecular complexity index is 674. The Morgan fingerprint density at radius 2 is 2.05 bits per heavy atom. The quantitative estimate of drug-likeness (QED) is 0.645. The Morgan fingerprint density at radius 1 is 1.29 bits per heavy atom. The molecule has 0 saturated heterocycles. The van der Waals surface area contributed by atoms with Gasteiger partial charge in [0.05, 0.1) is 16.5 Å². The standard InChI is InChI=1S/C15H15BrN2O3/c1-10-3-6-15(21-2)11(7-10)9-17-12-4-5-13(16)14(8-12)18(19)20/h3-8,17H,9H2,1-2H3. The molecule has 0 unspecified atom stereocenters. The van der Waals surface area contributed by atoms with Gasteiger partial charge in [-0.2, -0.15) is 0 Å². The number of anilines is 1. The number of benzene rings is 2. The van der Waals surface area contributed by atoms with Gasteiger partial charge >= 0.3 is 0 Å². The number of nitrogens with zero attached hydrogens (tertiary/aromatic N) is 1. The van der Waals surface area contributed by atoms with Gasteiger partial charge in [0.2, 0.25) is 0 Å². The molecule has 0 bridgehead atoms. The van der Waals surface area contributed by atoms with E-state index < -0.39 is 4.92 Å². The van der Waals surface area contributed by atoms with E-state index >= 15 is 0 Å². The van der Waals surface area contributed by atoms with Gasteiger partial charge < -0.3 is 10.1 Å². The third kappa shape index (κ3) is 3.72. The predicted molar refractivity (Wildman–Crippen MR) is 85.9 cm³/mol. The molecule has 0 heterocycles. The molecule has 1 N–H and O–H groups in total. The van der Waals surface area contributed by atoms with E-state index in [4.69, 9.17) is 4.74 Å². The second-order valence-corrected chi connectivity index (χ2v) is 5.45. The zero-order valence-electron chi connectivity index (χ0n) is 11.7. The summed E-state index contributed by atoms with van der Waals surface area (Å²) < 4.78 is 5.78. The summed E-state index contributed by atoms with van der Waals surface area (Å²) in [5.74, 6) is 0.791. The van der Waals surface area contributed by atoms with E-state index in [-0.39, 0.29) is 5.69 Å². The average Bonchev–Trinajstić information content (AvgIpc) is 2.46. The van der Waals surface area contributed by atoms with Crippen molar-refractivity contribution in [3.63, 3.8) is 0 Å². The lowest BCUT2D eigenvalue weighted by molar-refractivity contribution is -0.385. The van der Waals surface area contributed by atoms with Gasteiger partial charge in [-0.05, 0) is 41.1 Å². The number of nitrogens with one attached hydrogen (secondary N) is 1. The van der Waals surface area contributed by atoms with Gasteiger partial charge in [-0.1, -0.05) is 17.7 Å². The fourth-order valence-electron chi connectivity index (χ4n) is 2.01. The van der Waals surface area contributed by atoms with E-state index in [1.165, 1.54) is 6.07 Å². The Kier molecular flexibility index (Phi) is 4.80. The van der Waals surface area contributed by atoms with E-state index in [9.17, 15) is 10.1 Å². The number of nitro benzene ring substituents is 1. The molecule has 0 aromatic heterocycles. The van der Waals surface area contributed by atoms with Gasteiger partial charge in [-0.25, -0.2) is 0 Å². The van der Waals surface area contributed by atoms with Gasteiger partial charge in [-0.3, -0.25) is 10.1 Å². The topological polar surface area (TPSA) is 64.4 Å². The normalized spacial score (nSPS) is 10.2. The Morgan fingerprint density at radius 3 is 2.71 bits per heavy atom. The fourth-order valence-corrected chi connectivity index (χ4v) is 2.40. The van der Waals surface area contributed by atoms with Gasteiger partial charge in [0.15, 0.2) is 0 Å². The minimum atomic E-state index is -0.414. The first kappa shape index (κ1) is 15.3. The van der Waals surface area contributed by atoms with Crippen LogP contribution in [0.5, 0.6) is 5.75 Å². The van der Waals surface area contributed by atoms with Crippen molar-refractivity contribution < 1.29 is 9.66 Å². The molecule has 5 nitrogen and oxygen atoms in total. The lowest BCUT2D eigenvalue weighted by atomic mass is 10.1. The highest BCUT2D eigenvalue weighted by molar-refractivity contribution is 9.10. The predicted octanol–water partition coefficient (Wildman–Crippen LogP) is 4.29. The van der Waals surface area contributed by atoms with Crippen molar-refractivity contribution in [1.29, 1.82) is 0 Å². The number of methoxy groups -OCH3 is 1. The van der Waals surface area contributed by atoms with E-state index in [0.717, 1.165) is 16.9 Å². The molecule has 110 valence electrons. The van der Waals surface area contributed by atoms with E-state index in [2.05, 4.69) is 21.2 Å². The zero-order chi connectivity index (χ0) is 15.4. The van der Waals surface area contributed by atoms with Gasteiger partial charge in [-0.15, -0.1) is 0 Å². The number of nitro groups is 1. The lowest BCUT2D eigenvalue weighted by Gasteiger charge is -2.11. The highest BCUT2D eigenvalue weighted by Gasteiger charge is 2.12. The second-order valence-electron chi connectivity index (χ2n) is 4.59. The van der Waals surface area contributed by atoms with Gasteiger partial charge in [0.25, 0.3) is 5.69 Å². The van der Waals surface area contributed by atoms with Crippen LogP contribution in [0.25, 0.3) is 0 Å². The van der Waals surface area contributed by atoms with Crippen LogP contribution in [0.15, 0.2) is 40.9 Å². The molecule has 0 aliphatic rings. The first-order chi connectivity index (χ1) is 10.0. The fraction of sp³-hybridized carbons (Fsp3) is 0.200. The van der Waals surface area contributed by atoms with Crippen LogP contribution in [0.4, 0.5) is 11.4 Å². The van der Waals surface area contributed by atoms with E-state index in [1.807, 2.05) is 25.1 Å². The van der Waals surface area contributed by atoms with Crippen molar-refractivity contribution in [3.8, 4) is 5.75 Å². The zero-order valence-corrected chi connectivity index (χ0v) is 13.3. The third-order valence-electron chi connectivity index (χ3n) is 3.06. The molecule has 6 heteroatoms. The highest BCUT2D eigenvalue weighted by atomic mass is 79.9. The van der Waals surface area contributed by atoms with Gasteiger partial charge in [0.1, 0.15) is 5.75 Å². The molecule has 0 saturated carbocycles. The molecule has 0 atom stereocenters. The summed E-state index contributed by atoms with van der Waals surface area (Å²) in [6.07, 6.45) is 0. The maximum absolute atomic E-state index is 10.9. The van der Waals surface area contributed by atoms with Crippen molar-refractivity contribution >= 4 is 27.3 Å². The maximum atomic E-state index is 10.9. The second kappa shape index (κ2) is 6.58. The first-order valence-corrected chi connectivity index (χ1v) is 7.12. The minimum absolute atomic E-state index is 0.0382. The van der Waals surface area contributed by atoms with Crippen molar-refractivity contribution in [3.05, 3.63) is 62.1 Å². The van der Waals surface area contributed by atoms with Crippen LogP contribution < -0.4 is 10.1 Å². The third-order valence-corrected chi connectivity index (χ3v) is 3.73. The molecule has 2 aromatic rings. The van der Waals surface area contributed by atoms with Crippen molar-refractivity contribution in [2.75, 3.05) is 12.4 Å². The van der Waals surface area contributed by atoms with Gasteiger partial charge in [0, 0.05) is 23.9 Å². The number of aryl methyl sites for hydroxylation is 1. The molecule has 0 spiro atoms. The van der Waals surface area contributed by atoms with Crippen LogP contribution in [-0.2, 0) is 6.54 Å². The molecule has 0 fully saturated rings. The molecule has 0 amide bonds. The van der Waals surface area contributed by atoms with Crippen LogP contribution in [-0.4, -0.2) is 12.0 Å². The summed E-state index contributed by atoms with van der Waals surface area (Å²) in [5.41, 5.74) is 2.86. The van der Waals surface area contributed by atoms with Crippen LogP contribution in [0.1, 0.15) is 11.1 Å². The molecule has 0 radical (unpaired) electrons. The average molecular weight is 351 g/mol. The lowest BCUT2D eigenvalue weighted by Crippen LogP contribution is -2.02. The molecule has 0 aliphatic carbocycles. The van der Waals surface area contributed by atoms with Crippen LogP contribution >= 0.6 is 15.9 Å². The SMILES string of the molecule is COc1ccc(C)cc1CNc1ccc(Br)c([N+](=O)[O-])c1.